The molecule has 7 heteroatoms. The van der Waals surface area contributed by atoms with Crippen molar-refractivity contribution in [3.05, 3.63) is 40.0 Å². The lowest BCUT2D eigenvalue weighted by atomic mass is 10.1. The number of alkyl halides is 2. The van der Waals surface area contributed by atoms with E-state index in [0.29, 0.717) is 10.2 Å². The van der Waals surface area contributed by atoms with Crippen molar-refractivity contribution in [2.24, 2.45) is 0 Å². The van der Waals surface area contributed by atoms with Gasteiger partial charge in [-0.1, -0.05) is 12.1 Å². The first-order valence-electron chi connectivity index (χ1n) is 5.57. The van der Waals surface area contributed by atoms with Gasteiger partial charge in [0.25, 0.3) is 0 Å². The fourth-order valence-electron chi connectivity index (χ4n) is 1.88. The van der Waals surface area contributed by atoms with Gasteiger partial charge >= 0.3 is 12.6 Å². The minimum Gasteiger partial charge on any atom is -0.478 e. The van der Waals surface area contributed by atoms with Gasteiger partial charge in [-0.05, 0) is 35.0 Å². The van der Waals surface area contributed by atoms with E-state index in [9.17, 15) is 18.7 Å². The monoisotopic (exact) mass is 345 g/mol. The molecule has 0 aliphatic rings. The van der Waals surface area contributed by atoms with Crippen LogP contribution in [0.15, 0.2) is 28.7 Å². The number of rotatable bonds is 4. The number of aryl methyl sites for hydroxylation is 1. The van der Waals surface area contributed by atoms with E-state index in [1.165, 1.54) is 18.2 Å². The van der Waals surface area contributed by atoms with Crippen molar-refractivity contribution in [1.29, 1.82) is 0 Å². The number of aromatic amines is 1. The summed E-state index contributed by atoms with van der Waals surface area (Å²) in [7, 11) is 0. The van der Waals surface area contributed by atoms with Crippen molar-refractivity contribution < 1.29 is 23.4 Å². The van der Waals surface area contributed by atoms with Gasteiger partial charge in [-0.25, -0.2) is 4.79 Å². The number of hydrogen-bond donors (Lipinski definition) is 2. The Morgan fingerprint density at radius 3 is 2.65 bits per heavy atom. The average Bonchev–Trinajstić information content (AvgIpc) is 2.65. The molecule has 0 amide bonds. The van der Waals surface area contributed by atoms with Crippen molar-refractivity contribution in [1.82, 2.24) is 4.98 Å². The first-order valence-corrected chi connectivity index (χ1v) is 6.36. The van der Waals surface area contributed by atoms with Gasteiger partial charge in [0.2, 0.25) is 0 Å². The number of carbonyl (C=O) groups is 1. The van der Waals surface area contributed by atoms with Crippen molar-refractivity contribution in [3.63, 3.8) is 0 Å². The molecular formula is C13H10BrF2NO3. The summed E-state index contributed by atoms with van der Waals surface area (Å²) in [6.45, 7) is -1.31. The molecule has 106 valence electrons. The van der Waals surface area contributed by atoms with Crippen LogP contribution in [0.4, 0.5) is 8.78 Å². The van der Waals surface area contributed by atoms with Crippen LogP contribution in [0.5, 0.6) is 5.75 Å². The number of para-hydroxylation sites is 1. The second kappa shape index (κ2) is 5.62. The Morgan fingerprint density at radius 2 is 2.05 bits per heavy atom. The van der Waals surface area contributed by atoms with Gasteiger partial charge in [0, 0.05) is 11.3 Å². The van der Waals surface area contributed by atoms with E-state index in [1.807, 2.05) is 0 Å². The van der Waals surface area contributed by atoms with E-state index in [4.69, 9.17) is 0 Å². The van der Waals surface area contributed by atoms with Crippen LogP contribution in [0.25, 0.3) is 11.3 Å². The molecule has 2 N–H and O–H groups in total. The third-order valence-corrected chi connectivity index (χ3v) is 3.69. The molecule has 0 spiro atoms. The van der Waals surface area contributed by atoms with E-state index in [2.05, 4.69) is 25.7 Å². The van der Waals surface area contributed by atoms with Crippen molar-refractivity contribution in [3.8, 4) is 17.0 Å². The molecule has 0 aliphatic carbocycles. The third-order valence-electron chi connectivity index (χ3n) is 2.70. The molecule has 0 saturated carbocycles. The van der Waals surface area contributed by atoms with Crippen LogP contribution in [0.3, 0.4) is 0 Å². The summed E-state index contributed by atoms with van der Waals surface area (Å²) in [5.74, 6) is -1.25. The molecule has 1 heterocycles. The number of H-pyrrole nitrogens is 1. The summed E-state index contributed by atoms with van der Waals surface area (Å²) >= 11 is 3.17. The average molecular weight is 346 g/mol. The molecule has 0 fully saturated rings. The van der Waals surface area contributed by atoms with Crippen LogP contribution in [0.1, 0.15) is 16.1 Å². The molecule has 1 aromatic heterocycles. The number of ether oxygens (including phenoxy) is 1. The van der Waals surface area contributed by atoms with E-state index in [1.54, 1.807) is 13.0 Å². The Morgan fingerprint density at radius 1 is 1.40 bits per heavy atom. The summed E-state index contributed by atoms with van der Waals surface area (Å²) < 4.78 is 29.6. The molecule has 1 aromatic carbocycles. The van der Waals surface area contributed by atoms with Crippen molar-refractivity contribution in [2.75, 3.05) is 0 Å². The highest BCUT2D eigenvalue weighted by molar-refractivity contribution is 9.10. The molecule has 0 bridgehead atoms. The predicted molar refractivity (Wildman–Crippen MR) is 72.3 cm³/mol. The molecule has 0 aliphatic heterocycles. The smallest absolute Gasteiger partial charge is 0.387 e. The first-order chi connectivity index (χ1) is 9.41. The van der Waals surface area contributed by atoms with E-state index < -0.39 is 12.6 Å². The maximum absolute atomic E-state index is 12.4. The lowest BCUT2D eigenvalue weighted by molar-refractivity contribution is -0.0494. The predicted octanol–water partition coefficient (Wildman–Crippen LogP) is 4.05. The minimum absolute atomic E-state index is 0.0205. The normalized spacial score (nSPS) is 10.8. The van der Waals surface area contributed by atoms with Crippen LogP contribution in [0.2, 0.25) is 0 Å². The van der Waals surface area contributed by atoms with Crippen LogP contribution >= 0.6 is 15.9 Å². The van der Waals surface area contributed by atoms with Gasteiger partial charge < -0.3 is 14.8 Å². The molecule has 4 nitrogen and oxygen atoms in total. The number of carboxylic acid groups (broad SMARTS) is 1. The van der Waals surface area contributed by atoms with Gasteiger partial charge in [-0.15, -0.1) is 0 Å². The van der Waals surface area contributed by atoms with Gasteiger partial charge in [-0.3, -0.25) is 0 Å². The maximum Gasteiger partial charge on any atom is 0.387 e. The van der Waals surface area contributed by atoms with Crippen LogP contribution < -0.4 is 4.74 Å². The van der Waals surface area contributed by atoms with Crippen LogP contribution in [-0.2, 0) is 0 Å². The first kappa shape index (κ1) is 14.5. The van der Waals surface area contributed by atoms with Crippen LogP contribution in [-0.4, -0.2) is 22.7 Å². The summed E-state index contributed by atoms with van der Waals surface area (Å²) in [6, 6.07) is 6.02. The van der Waals surface area contributed by atoms with Gasteiger partial charge in [0.15, 0.2) is 0 Å². The third kappa shape index (κ3) is 2.67. The minimum atomic E-state index is -2.98. The molecule has 0 saturated heterocycles. The van der Waals surface area contributed by atoms with E-state index in [0.717, 1.165) is 0 Å². The Labute approximate surface area is 121 Å². The molecular weight excluding hydrogens is 336 g/mol. The highest BCUT2D eigenvalue weighted by Gasteiger charge is 2.23. The molecule has 0 atom stereocenters. The number of halogens is 3. The SMILES string of the molecule is Cc1[nH]c(-c2ccccc2OC(F)F)c(C(=O)O)c1Br. The fourth-order valence-corrected chi connectivity index (χ4v) is 2.34. The maximum atomic E-state index is 12.4. The van der Waals surface area contributed by atoms with Gasteiger partial charge in [-0.2, -0.15) is 8.78 Å². The number of carboxylic acids is 1. The zero-order chi connectivity index (χ0) is 14.9. The Kier molecular flexibility index (Phi) is 4.08. The Hall–Kier alpha value is -1.89. The van der Waals surface area contributed by atoms with Crippen LogP contribution in [0, 0.1) is 6.92 Å². The standard InChI is InChI=1S/C13H10BrF2NO3/c1-6-10(14)9(12(18)19)11(17-6)7-4-2-3-5-8(7)20-13(15)16/h2-5,13,17H,1H3,(H,18,19). The number of nitrogens with one attached hydrogen (secondary N) is 1. The second-order valence-corrected chi connectivity index (χ2v) is 4.79. The summed E-state index contributed by atoms with van der Waals surface area (Å²) in [6.07, 6.45) is 0. The molecule has 2 aromatic rings. The topological polar surface area (TPSA) is 62.3 Å². The summed E-state index contributed by atoms with van der Waals surface area (Å²) in [5, 5.41) is 9.25. The number of aromatic nitrogens is 1. The summed E-state index contributed by atoms with van der Waals surface area (Å²) in [5.41, 5.74) is 1.05. The molecule has 0 unspecified atom stereocenters. The number of hydrogen-bond acceptors (Lipinski definition) is 2. The summed E-state index contributed by atoms with van der Waals surface area (Å²) in [4.78, 5) is 14.2. The Bertz CT molecular complexity index is 655. The highest BCUT2D eigenvalue weighted by atomic mass is 79.9. The van der Waals surface area contributed by atoms with Crippen molar-refractivity contribution >= 4 is 21.9 Å². The van der Waals surface area contributed by atoms with Gasteiger partial charge in [0.05, 0.1) is 15.7 Å². The zero-order valence-electron chi connectivity index (χ0n) is 10.3. The Balaban J connectivity index is 2.63. The zero-order valence-corrected chi connectivity index (χ0v) is 11.9. The molecule has 20 heavy (non-hydrogen) atoms. The molecule has 2 rings (SSSR count). The van der Waals surface area contributed by atoms with E-state index >= 15 is 0 Å². The number of benzene rings is 1. The number of aromatic carboxylic acids is 1. The van der Waals surface area contributed by atoms with Gasteiger partial charge in [0.1, 0.15) is 5.75 Å². The second-order valence-electron chi connectivity index (χ2n) is 3.99. The molecule has 0 radical (unpaired) electrons. The lowest BCUT2D eigenvalue weighted by Crippen LogP contribution is -2.04. The van der Waals surface area contributed by atoms with E-state index in [-0.39, 0.29) is 22.6 Å². The highest BCUT2D eigenvalue weighted by Crippen LogP contribution is 2.37. The lowest BCUT2D eigenvalue weighted by Gasteiger charge is -2.10. The fraction of sp³-hybridized carbons (Fsp3) is 0.154. The largest absolute Gasteiger partial charge is 0.478 e. The van der Waals surface area contributed by atoms with Crippen molar-refractivity contribution in [2.45, 2.75) is 13.5 Å². The quantitative estimate of drug-likeness (QED) is 0.878.